The lowest BCUT2D eigenvalue weighted by molar-refractivity contribution is 1.93. The predicted octanol–water partition coefficient (Wildman–Crippen LogP) is 5.51. The Bertz CT molecular complexity index is 780. The molecule has 0 unspecified atom stereocenters. The zero-order valence-corrected chi connectivity index (χ0v) is 16.2. The summed E-state index contributed by atoms with van der Waals surface area (Å²) in [6, 6.07) is 17.9. The summed E-state index contributed by atoms with van der Waals surface area (Å²) in [5, 5.41) is 4.30. The lowest BCUT2D eigenvalue weighted by Gasteiger charge is -2.03. The van der Waals surface area contributed by atoms with E-state index in [-0.39, 0.29) is 0 Å². The Balaban J connectivity index is 1.61. The first-order valence-electron chi connectivity index (χ1n) is 6.93. The number of thiophene rings is 4. The maximum absolute atomic E-state index is 2.42. The van der Waals surface area contributed by atoms with Gasteiger partial charge in [-0.15, -0.1) is 45.3 Å². The van der Waals surface area contributed by atoms with Gasteiger partial charge >= 0.3 is 0 Å². The molecule has 5 heteroatoms. The molecule has 0 aromatic carbocycles. The van der Waals surface area contributed by atoms with Crippen molar-refractivity contribution in [1.82, 2.24) is 0 Å². The van der Waals surface area contributed by atoms with Crippen molar-refractivity contribution in [3.05, 3.63) is 59.3 Å². The summed E-state index contributed by atoms with van der Waals surface area (Å²) < 4.78 is 3.10. The van der Waals surface area contributed by atoms with Crippen LogP contribution in [0.15, 0.2) is 59.3 Å². The summed E-state index contributed by atoms with van der Waals surface area (Å²) in [5.41, 5.74) is 0. The van der Waals surface area contributed by atoms with Crippen molar-refractivity contribution in [3.63, 3.8) is 0 Å². The van der Waals surface area contributed by atoms with Crippen LogP contribution in [-0.4, -0.2) is 8.80 Å². The third kappa shape index (κ3) is 2.79. The van der Waals surface area contributed by atoms with Gasteiger partial charge in [0.15, 0.2) is 0 Å². The van der Waals surface area contributed by atoms with Crippen molar-refractivity contribution in [1.29, 1.82) is 0 Å². The quantitative estimate of drug-likeness (QED) is 0.414. The van der Waals surface area contributed by atoms with Crippen LogP contribution in [0, 0.1) is 0 Å². The fourth-order valence-electron chi connectivity index (χ4n) is 2.30. The molecule has 4 rings (SSSR count). The average molecular weight is 374 g/mol. The van der Waals surface area contributed by atoms with E-state index in [1.54, 1.807) is 9.00 Å². The van der Waals surface area contributed by atoms with Gasteiger partial charge in [-0.3, -0.25) is 0 Å². The molecule has 22 heavy (non-hydrogen) atoms. The van der Waals surface area contributed by atoms with E-state index in [1.165, 1.54) is 19.5 Å². The average Bonchev–Trinajstić information content (AvgIpc) is 3.35. The molecule has 1 radical (unpaired) electrons. The van der Waals surface area contributed by atoms with Gasteiger partial charge in [0, 0.05) is 19.5 Å². The van der Waals surface area contributed by atoms with Crippen LogP contribution in [0.3, 0.4) is 0 Å². The van der Waals surface area contributed by atoms with Crippen molar-refractivity contribution in [2.24, 2.45) is 0 Å². The Morgan fingerprint density at radius 1 is 0.636 bits per heavy atom. The van der Waals surface area contributed by atoms with Gasteiger partial charge in [-0.1, -0.05) is 30.8 Å². The van der Waals surface area contributed by atoms with Crippen LogP contribution in [-0.2, 0) is 0 Å². The van der Waals surface area contributed by atoms with Gasteiger partial charge in [-0.05, 0) is 44.0 Å². The van der Waals surface area contributed by atoms with Crippen LogP contribution < -0.4 is 9.00 Å². The molecular formula is C17H13S4Si. The summed E-state index contributed by atoms with van der Waals surface area (Å²) in [5.74, 6) is 0. The summed E-state index contributed by atoms with van der Waals surface area (Å²) in [4.78, 5) is 5.58. The van der Waals surface area contributed by atoms with Crippen LogP contribution in [0.4, 0.5) is 0 Å². The van der Waals surface area contributed by atoms with Crippen molar-refractivity contribution in [3.8, 4) is 19.5 Å². The van der Waals surface area contributed by atoms with E-state index < -0.39 is 8.80 Å². The molecule has 0 spiro atoms. The standard InChI is InChI=1S/C17H13S4Si/c1-22(16-8-6-14(20-16)12-4-2-10-18-12)17-9-7-15(21-17)13-5-3-11-19-13/h2-11H,1H3. The van der Waals surface area contributed by atoms with Crippen molar-refractivity contribution in [2.75, 3.05) is 0 Å². The molecule has 0 N–H and O–H groups in total. The molecule has 0 aliphatic carbocycles. The summed E-state index contributed by atoms with van der Waals surface area (Å²) >= 11 is 7.58. The van der Waals surface area contributed by atoms with E-state index >= 15 is 0 Å². The molecule has 4 heterocycles. The van der Waals surface area contributed by atoms with Gasteiger partial charge in [0.25, 0.3) is 0 Å². The Labute approximate surface area is 148 Å². The minimum Gasteiger partial charge on any atom is -0.144 e. The van der Waals surface area contributed by atoms with Gasteiger partial charge in [0.05, 0.1) is 0 Å². The summed E-state index contributed by atoms with van der Waals surface area (Å²) in [6.07, 6.45) is 0. The Kier molecular flexibility index (Phi) is 4.15. The second-order valence-corrected chi connectivity index (χ2v) is 12.0. The molecule has 0 aliphatic heterocycles. The molecule has 0 fully saturated rings. The van der Waals surface area contributed by atoms with E-state index in [9.17, 15) is 0 Å². The van der Waals surface area contributed by atoms with Crippen LogP contribution in [0.25, 0.3) is 19.5 Å². The SMILES string of the molecule is C[Si](c1ccc(-c2cccs2)s1)c1ccc(-c2cccs2)s1. The lowest BCUT2D eigenvalue weighted by atomic mass is 10.4. The molecular weight excluding hydrogens is 361 g/mol. The first-order chi connectivity index (χ1) is 10.8. The van der Waals surface area contributed by atoms with E-state index in [2.05, 4.69) is 65.8 Å². The van der Waals surface area contributed by atoms with Crippen molar-refractivity contribution in [2.45, 2.75) is 6.55 Å². The smallest absolute Gasteiger partial charge is 0.144 e. The van der Waals surface area contributed by atoms with Crippen LogP contribution in [0.5, 0.6) is 0 Å². The van der Waals surface area contributed by atoms with Gasteiger partial charge < -0.3 is 0 Å². The Morgan fingerprint density at radius 3 is 1.55 bits per heavy atom. The molecule has 0 saturated heterocycles. The van der Waals surface area contributed by atoms with E-state index in [0.29, 0.717) is 0 Å². The molecule has 0 nitrogen and oxygen atoms in total. The molecule has 0 atom stereocenters. The molecule has 0 saturated carbocycles. The first kappa shape index (κ1) is 14.6. The maximum atomic E-state index is 2.42. The summed E-state index contributed by atoms with van der Waals surface area (Å²) in [6.45, 7) is 2.42. The number of rotatable bonds is 4. The van der Waals surface area contributed by atoms with E-state index in [4.69, 9.17) is 0 Å². The molecule has 0 amide bonds. The lowest BCUT2D eigenvalue weighted by Crippen LogP contribution is -2.35. The molecule has 0 bridgehead atoms. The summed E-state index contributed by atoms with van der Waals surface area (Å²) in [7, 11) is -0.637. The number of hydrogen-bond donors (Lipinski definition) is 0. The van der Waals surface area contributed by atoms with Gasteiger partial charge in [-0.25, -0.2) is 0 Å². The third-order valence-electron chi connectivity index (χ3n) is 3.48. The van der Waals surface area contributed by atoms with E-state index in [1.807, 2.05) is 45.3 Å². The highest BCUT2D eigenvalue weighted by Gasteiger charge is 2.17. The normalized spacial score (nSPS) is 11.4. The minimum atomic E-state index is -0.637. The zero-order chi connectivity index (χ0) is 14.9. The van der Waals surface area contributed by atoms with E-state index in [0.717, 1.165) is 0 Å². The first-order valence-corrected chi connectivity index (χ1v) is 12.3. The maximum Gasteiger partial charge on any atom is 0.144 e. The second kappa shape index (κ2) is 6.26. The van der Waals surface area contributed by atoms with Crippen LogP contribution >= 0.6 is 45.3 Å². The molecule has 4 aromatic heterocycles. The highest BCUT2D eigenvalue weighted by Crippen LogP contribution is 2.30. The van der Waals surface area contributed by atoms with Gasteiger partial charge in [0.1, 0.15) is 8.80 Å². The Hall–Kier alpha value is -0.983. The van der Waals surface area contributed by atoms with Crippen molar-refractivity contribution < 1.29 is 0 Å². The molecule has 4 aromatic rings. The fourth-order valence-corrected chi connectivity index (χ4v) is 9.13. The minimum absolute atomic E-state index is 0.637. The number of hydrogen-bond acceptors (Lipinski definition) is 4. The molecule has 109 valence electrons. The second-order valence-electron chi connectivity index (χ2n) is 4.91. The largest absolute Gasteiger partial charge is 0.144 e. The van der Waals surface area contributed by atoms with Crippen LogP contribution in [0.1, 0.15) is 0 Å². The monoisotopic (exact) mass is 373 g/mol. The van der Waals surface area contributed by atoms with Gasteiger partial charge in [0.2, 0.25) is 0 Å². The third-order valence-corrected chi connectivity index (χ3v) is 11.7. The Morgan fingerprint density at radius 2 is 1.14 bits per heavy atom. The van der Waals surface area contributed by atoms with Gasteiger partial charge in [-0.2, -0.15) is 0 Å². The topological polar surface area (TPSA) is 0 Å². The highest BCUT2D eigenvalue weighted by molar-refractivity contribution is 7.35. The van der Waals surface area contributed by atoms with Crippen molar-refractivity contribution >= 4 is 63.1 Å². The van der Waals surface area contributed by atoms with Crippen LogP contribution in [0.2, 0.25) is 6.55 Å². The zero-order valence-electron chi connectivity index (χ0n) is 11.9. The predicted molar refractivity (Wildman–Crippen MR) is 106 cm³/mol. The molecule has 0 aliphatic rings. The fraction of sp³-hybridized carbons (Fsp3) is 0.0588. The highest BCUT2D eigenvalue weighted by atomic mass is 32.1.